The summed E-state index contributed by atoms with van der Waals surface area (Å²) in [6.07, 6.45) is 3.23. The van der Waals surface area contributed by atoms with Crippen LogP contribution in [0.3, 0.4) is 0 Å². The van der Waals surface area contributed by atoms with E-state index in [-0.39, 0.29) is 17.0 Å². The number of fused-ring (bicyclic) bond motifs is 1. The van der Waals surface area contributed by atoms with E-state index in [1.807, 2.05) is 0 Å². The van der Waals surface area contributed by atoms with Gasteiger partial charge in [-0.15, -0.1) is 0 Å². The molecule has 3 rings (SSSR count). The minimum Gasteiger partial charge on any atom is -0.506 e. The standard InChI is InChI=1S/C13H9N3O3/c17-9-5-3-7-16-11(9)10(13(18)19)15-12(16)8-4-1-2-6-14-8/h1-7,17H,(H,18,19). The Bertz CT molecular complexity index is 765. The van der Waals surface area contributed by atoms with E-state index >= 15 is 0 Å². The van der Waals surface area contributed by atoms with Crippen LogP contribution < -0.4 is 0 Å². The van der Waals surface area contributed by atoms with Gasteiger partial charge in [-0.3, -0.25) is 9.38 Å². The Hall–Kier alpha value is -2.89. The molecule has 0 unspecified atom stereocenters. The zero-order valence-electron chi connectivity index (χ0n) is 9.69. The number of rotatable bonds is 2. The zero-order valence-corrected chi connectivity index (χ0v) is 9.69. The van der Waals surface area contributed by atoms with Crippen molar-refractivity contribution in [2.24, 2.45) is 0 Å². The first kappa shape index (κ1) is 11.2. The summed E-state index contributed by atoms with van der Waals surface area (Å²) >= 11 is 0. The first-order chi connectivity index (χ1) is 9.18. The highest BCUT2D eigenvalue weighted by Crippen LogP contribution is 2.27. The molecule has 3 aromatic heterocycles. The van der Waals surface area contributed by atoms with Gasteiger partial charge in [0.15, 0.2) is 11.5 Å². The fourth-order valence-electron chi connectivity index (χ4n) is 1.95. The lowest BCUT2D eigenvalue weighted by Crippen LogP contribution is -1.97. The number of nitrogens with zero attached hydrogens (tertiary/aromatic N) is 3. The topological polar surface area (TPSA) is 87.7 Å². The Labute approximate surface area is 107 Å². The van der Waals surface area contributed by atoms with E-state index in [9.17, 15) is 9.90 Å². The van der Waals surface area contributed by atoms with Crippen molar-refractivity contribution < 1.29 is 15.0 Å². The highest BCUT2D eigenvalue weighted by atomic mass is 16.4. The fraction of sp³-hybridized carbons (Fsp3) is 0. The second-order valence-electron chi connectivity index (χ2n) is 3.92. The van der Waals surface area contributed by atoms with Crippen molar-refractivity contribution >= 4 is 11.5 Å². The number of imidazole rings is 1. The second kappa shape index (κ2) is 4.09. The molecule has 0 aliphatic heterocycles. The molecule has 6 nitrogen and oxygen atoms in total. The third-order valence-corrected chi connectivity index (χ3v) is 2.74. The number of hydrogen-bond donors (Lipinski definition) is 2. The van der Waals surface area contributed by atoms with Crippen molar-refractivity contribution in [1.29, 1.82) is 0 Å². The minimum absolute atomic E-state index is 0.130. The summed E-state index contributed by atoms with van der Waals surface area (Å²) in [7, 11) is 0. The predicted octanol–water partition coefficient (Wildman–Crippen LogP) is 1.80. The van der Waals surface area contributed by atoms with E-state index in [2.05, 4.69) is 9.97 Å². The Morgan fingerprint density at radius 1 is 1.21 bits per heavy atom. The molecule has 0 aliphatic rings. The largest absolute Gasteiger partial charge is 0.506 e. The van der Waals surface area contributed by atoms with E-state index < -0.39 is 5.97 Å². The number of carboxylic acids is 1. The van der Waals surface area contributed by atoms with Crippen LogP contribution in [-0.4, -0.2) is 30.6 Å². The first-order valence-electron chi connectivity index (χ1n) is 5.53. The Morgan fingerprint density at radius 2 is 2.05 bits per heavy atom. The lowest BCUT2D eigenvalue weighted by atomic mass is 10.3. The van der Waals surface area contributed by atoms with Crippen LogP contribution in [0.15, 0.2) is 42.7 Å². The van der Waals surface area contributed by atoms with Crippen LogP contribution in [0.5, 0.6) is 5.75 Å². The van der Waals surface area contributed by atoms with Gasteiger partial charge in [-0.2, -0.15) is 0 Å². The molecule has 94 valence electrons. The number of aromatic carboxylic acids is 1. The summed E-state index contributed by atoms with van der Waals surface area (Å²) in [5.41, 5.74) is 0.505. The van der Waals surface area contributed by atoms with Crippen LogP contribution >= 0.6 is 0 Å². The molecule has 0 saturated heterocycles. The second-order valence-corrected chi connectivity index (χ2v) is 3.92. The van der Waals surface area contributed by atoms with Crippen molar-refractivity contribution in [3.05, 3.63) is 48.4 Å². The molecule has 0 amide bonds. The van der Waals surface area contributed by atoms with Crippen LogP contribution in [0.2, 0.25) is 0 Å². The number of hydrogen-bond acceptors (Lipinski definition) is 4. The molecule has 0 saturated carbocycles. The number of aromatic hydroxyl groups is 1. The summed E-state index contributed by atoms with van der Waals surface area (Å²) in [6, 6.07) is 8.31. The maximum absolute atomic E-state index is 11.2. The minimum atomic E-state index is -1.19. The molecule has 6 heteroatoms. The van der Waals surface area contributed by atoms with E-state index in [0.717, 1.165) is 0 Å². The number of aromatic nitrogens is 3. The normalized spacial score (nSPS) is 10.7. The van der Waals surface area contributed by atoms with E-state index in [1.54, 1.807) is 36.7 Å². The van der Waals surface area contributed by atoms with E-state index in [4.69, 9.17) is 5.11 Å². The molecule has 0 bridgehead atoms. The quantitative estimate of drug-likeness (QED) is 0.729. The summed E-state index contributed by atoms with van der Waals surface area (Å²) in [4.78, 5) is 19.4. The first-order valence-corrected chi connectivity index (χ1v) is 5.53. The summed E-state index contributed by atoms with van der Waals surface area (Å²) < 4.78 is 1.52. The monoisotopic (exact) mass is 255 g/mol. The predicted molar refractivity (Wildman–Crippen MR) is 67.0 cm³/mol. The molecular weight excluding hydrogens is 246 g/mol. The SMILES string of the molecule is O=C(O)c1nc(-c2ccccn2)n2cccc(O)c12. The Balaban J connectivity index is 2.39. The molecule has 0 fully saturated rings. The van der Waals surface area contributed by atoms with Crippen molar-refractivity contribution in [2.45, 2.75) is 0 Å². The van der Waals surface area contributed by atoms with Crippen LogP contribution in [0, 0.1) is 0 Å². The molecule has 0 atom stereocenters. The fourth-order valence-corrected chi connectivity index (χ4v) is 1.95. The van der Waals surface area contributed by atoms with Gasteiger partial charge in [-0.05, 0) is 24.3 Å². The average molecular weight is 255 g/mol. The van der Waals surface area contributed by atoms with Gasteiger partial charge in [0, 0.05) is 12.4 Å². The van der Waals surface area contributed by atoms with Gasteiger partial charge in [0.25, 0.3) is 0 Å². The van der Waals surface area contributed by atoms with Crippen LogP contribution in [-0.2, 0) is 0 Å². The van der Waals surface area contributed by atoms with Gasteiger partial charge in [0.05, 0.1) is 0 Å². The van der Waals surface area contributed by atoms with E-state index in [1.165, 1.54) is 10.5 Å². The van der Waals surface area contributed by atoms with Gasteiger partial charge in [-0.1, -0.05) is 6.07 Å². The lowest BCUT2D eigenvalue weighted by Gasteiger charge is -2.01. The van der Waals surface area contributed by atoms with Crippen molar-refractivity contribution in [1.82, 2.24) is 14.4 Å². The van der Waals surface area contributed by atoms with Crippen LogP contribution in [0.1, 0.15) is 10.5 Å². The summed E-state index contributed by atoms with van der Waals surface area (Å²) in [5.74, 6) is -0.945. The van der Waals surface area contributed by atoms with Gasteiger partial charge in [-0.25, -0.2) is 9.78 Å². The highest BCUT2D eigenvalue weighted by Gasteiger charge is 2.20. The Morgan fingerprint density at radius 3 is 2.74 bits per heavy atom. The zero-order chi connectivity index (χ0) is 13.4. The molecular formula is C13H9N3O3. The third-order valence-electron chi connectivity index (χ3n) is 2.74. The van der Waals surface area contributed by atoms with Crippen molar-refractivity contribution in [3.8, 4) is 17.3 Å². The van der Waals surface area contributed by atoms with E-state index in [0.29, 0.717) is 11.5 Å². The number of pyridine rings is 2. The Kier molecular flexibility index (Phi) is 2.42. The molecule has 0 radical (unpaired) electrons. The number of carboxylic acid groups (broad SMARTS) is 1. The van der Waals surface area contributed by atoms with Crippen molar-refractivity contribution in [2.75, 3.05) is 0 Å². The molecule has 19 heavy (non-hydrogen) atoms. The lowest BCUT2D eigenvalue weighted by molar-refractivity contribution is 0.0693. The summed E-state index contributed by atoms with van der Waals surface area (Å²) in [6.45, 7) is 0. The van der Waals surface area contributed by atoms with Gasteiger partial charge in [0.2, 0.25) is 0 Å². The van der Waals surface area contributed by atoms with Gasteiger partial charge in [0.1, 0.15) is 17.0 Å². The van der Waals surface area contributed by atoms with Crippen LogP contribution in [0.4, 0.5) is 0 Å². The molecule has 2 N–H and O–H groups in total. The molecule has 0 spiro atoms. The average Bonchev–Trinajstić information content (AvgIpc) is 2.81. The molecule has 0 aliphatic carbocycles. The van der Waals surface area contributed by atoms with Gasteiger partial charge < -0.3 is 10.2 Å². The smallest absolute Gasteiger partial charge is 0.356 e. The molecule has 3 heterocycles. The van der Waals surface area contributed by atoms with Crippen LogP contribution in [0.25, 0.3) is 17.0 Å². The van der Waals surface area contributed by atoms with Crippen molar-refractivity contribution in [3.63, 3.8) is 0 Å². The van der Waals surface area contributed by atoms with Gasteiger partial charge >= 0.3 is 5.97 Å². The maximum Gasteiger partial charge on any atom is 0.356 e. The molecule has 0 aromatic carbocycles. The molecule has 3 aromatic rings. The third kappa shape index (κ3) is 1.70. The highest BCUT2D eigenvalue weighted by molar-refractivity contribution is 5.96. The number of carbonyl (C=O) groups is 1. The summed E-state index contributed by atoms with van der Waals surface area (Å²) in [5, 5.41) is 19.0. The maximum atomic E-state index is 11.2.